The predicted octanol–water partition coefficient (Wildman–Crippen LogP) is 1.56. The van der Waals surface area contributed by atoms with Crippen LogP contribution in [0, 0.1) is 0 Å². The lowest BCUT2D eigenvalue weighted by atomic mass is 9.77. The van der Waals surface area contributed by atoms with Gasteiger partial charge in [0.15, 0.2) is 0 Å². The monoisotopic (exact) mass is 152 g/mol. The summed E-state index contributed by atoms with van der Waals surface area (Å²) in [6.45, 7) is 1.73. The summed E-state index contributed by atoms with van der Waals surface area (Å²) in [5, 5.41) is 0. The maximum absolute atomic E-state index is 5.47. The van der Waals surface area contributed by atoms with Gasteiger partial charge in [0.2, 0.25) is 0 Å². The molecule has 0 N–H and O–H groups in total. The van der Waals surface area contributed by atoms with Crippen molar-refractivity contribution in [3.8, 4) is 0 Å². The first-order chi connectivity index (χ1) is 5.47. The second-order valence-electron chi connectivity index (χ2n) is 3.10. The third-order valence-corrected chi connectivity index (χ3v) is 2.21. The largest absolute Gasteiger partial charge is 0.489 e. The second-order valence-corrected chi connectivity index (χ2v) is 3.10. The minimum absolute atomic E-state index is 0.00579. The van der Waals surface area contributed by atoms with Gasteiger partial charge in [-0.25, -0.2) is 0 Å². The third kappa shape index (κ3) is 1.66. The Kier molecular flexibility index (Phi) is 2.29. The third-order valence-electron chi connectivity index (χ3n) is 2.21. The van der Waals surface area contributed by atoms with E-state index < -0.39 is 0 Å². The van der Waals surface area contributed by atoms with Crippen molar-refractivity contribution >= 4 is 7.12 Å². The van der Waals surface area contributed by atoms with E-state index in [1.54, 1.807) is 0 Å². The van der Waals surface area contributed by atoms with Gasteiger partial charge in [0.05, 0.1) is 0 Å². The SMILES string of the molecule is C1=C(B2OCCCO2)CCC1. The lowest BCUT2D eigenvalue weighted by molar-refractivity contribution is 0.139. The average molecular weight is 152 g/mol. The Labute approximate surface area is 67.7 Å². The quantitative estimate of drug-likeness (QED) is 0.530. The molecule has 0 aromatic heterocycles. The molecule has 0 spiro atoms. The van der Waals surface area contributed by atoms with Gasteiger partial charge in [0.25, 0.3) is 0 Å². The molecule has 3 heteroatoms. The fourth-order valence-corrected chi connectivity index (χ4v) is 1.61. The number of hydrogen-bond donors (Lipinski definition) is 0. The van der Waals surface area contributed by atoms with Crippen LogP contribution in [0.25, 0.3) is 0 Å². The van der Waals surface area contributed by atoms with Gasteiger partial charge in [-0.05, 0) is 31.2 Å². The highest BCUT2D eigenvalue weighted by atomic mass is 16.6. The lowest BCUT2D eigenvalue weighted by Crippen LogP contribution is -2.31. The van der Waals surface area contributed by atoms with E-state index in [4.69, 9.17) is 9.31 Å². The van der Waals surface area contributed by atoms with E-state index in [-0.39, 0.29) is 7.12 Å². The number of allylic oxidation sites excluding steroid dienone is 2. The van der Waals surface area contributed by atoms with Crippen molar-refractivity contribution in [2.45, 2.75) is 25.7 Å². The van der Waals surface area contributed by atoms with E-state index >= 15 is 0 Å². The zero-order valence-corrected chi connectivity index (χ0v) is 6.71. The van der Waals surface area contributed by atoms with Crippen molar-refractivity contribution in [1.82, 2.24) is 0 Å². The summed E-state index contributed by atoms with van der Waals surface area (Å²) < 4.78 is 10.9. The van der Waals surface area contributed by atoms with Crippen LogP contribution in [0.4, 0.5) is 0 Å². The molecular formula is C8H13BO2. The van der Waals surface area contributed by atoms with E-state index in [1.807, 2.05) is 0 Å². The fraction of sp³-hybridized carbons (Fsp3) is 0.750. The molecule has 2 rings (SSSR count). The smallest absolute Gasteiger partial charge is 0.407 e. The summed E-state index contributed by atoms with van der Waals surface area (Å²) >= 11 is 0. The molecule has 1 fully saturated rings. The number of rotatable bonds is 1. The van der Waals surface area contributed by atoms with Crippen LogP contribution in [0.2, 0.25) is 0 Å². The second kappa shape index (κ2) is 3.41. The molecule has 1 saturated heterocycles. The first-order valence-corrected chi connectivity index (χ1v) is 4.39. The van der Waals surface area contributed by atoms with Crippen LogP contribution in [-0.4, -0.2) is 20.3 Å². The highest BCUT2D eigenvalue weighted by Gasteiger charge is 2.27. The van der Waals surface area contributed by atoms with Gasteiger partial charge in [-0.2, -0.15) is 0 Å². The lowest BCUT2D eigenvalue weighted by Gasteiger charge is -2.20. The highest BCUT2D eigenvalue weighted by molar-refractivity contribution is 6.53. The maximum Gasteiger partial charge on any atom is 0.489 e. The average Bonchev–Trinajstić information content (AvgIpc) is 2.58. The van der Waals surface area contributed by atoms with Crippen LogP contribution >= 0.6 is 0 Å². The molecule has 1 heterocycles. The summed E-state index contributed by atoms with van der Waals surface area (Å²) in [5.74, 6) is 0. The Morgan fingerprint density at radius 2 is 2.00 bits per heavy atom. The van der Waals surface area contributed by atoms with Gasteiger partial charge in [0, 0.05) is 13.2 Å². The van der Waals surface area contributed by atoms with Gasteiger partial charge < -0.3 is 9.31 Å². The summed E-state index contributed by atoms with van der Waals surface area (Å²) in [4.78, 5) is 0. The number of hydrogen-bond acceptors (Lipinski definition) is 2. The minimum atomic E-state index is 0.00579. The van der Waals surface area contributed by atoms with Crippen LogP contribution in [0.15, 0.2) is 11.5 Å². The minimum Gasteiger partial charge on any atom is -0.407 e. The molecule has 0 atom stereocenters. The molecule has 60 valence electrons. The highest BCUT2D eigenvalue weighted by Crippen LogP contribution is 2.22. The molecular weight excluding hydrogens is 139 g/mol. The molecule has 0 radical (unpaired) electrons. The predicted molar refractivity (Wildman–Crippen MR) is 44.2 cm³/mol. The van der Waals surface area contributed by atoms with Gasteiger partial charge in [-0.1, -0.05) is 6.08 Å². The molecule has 0 unspecified atom stereocenters. The van der Waals surface area contributed by atoms with Crippen LogP contribution < -0.4 is 0 Å². The van der Waals surface area contributed by atoms with Crippen LogP contribution in [0.5, 0.6) is 0 Å². The molecule has 1 aliphatic heterocycles. The summed E-state index contributed by atoms with van der Waals surface area (Å²) in [7, 11) is 0.00579. The Morgan fingerprint density at radius 3 is 2.64 bits per heavy atom. The Balaban J connectivity index is 1.92. The van der Waals surface area contributed by atoms with Crippen LogP contribution in [-0.2, 0) is 9.31 Å². The summed E-state index contributed by atoms with van der Waals surface area (Å²) in [6, 6.07) is 0. The van der Waals surface area contributed by atoms with Crippen LogP contribution in [0.3, 0.4) is 0 Å². The van der Waals surface area contributed by atoms with Crippen molar-refractivity contribution in [3.63, 3.8) is 0 Å². The van der Waals surface area contributed by atoms with Crippen molar-refractivity contribution < 1.29 is 9.31 Å². The Bertz CT molecular complexity index is 161. The Morgan fingerprint density at radius 1 is 1.18 bits per heavy atom. The molecule has 0 amide bonds. The van der Waals surface area contributed by atoms with E-state index in [1.165, 1.54) is 24.7 Å². The van der Waals surface area contributed by atoms with Crippen molar-refractivity contribution in [1.29, 1.82) is 0 Å². The fourth-order valence-electron chi connectivity index (χ4n) is 1.61. The van der Waals surface area contributed by atoms with E-state index in [0.29, 0.717) is 0 Å². The standard InChI is InChI=1S/C8H13BO2/c1-2-5-8(4-1)9-10-6-3-7-11-9/h4H,1-3,5-7H2. The Hall–Kier alpha value is -0.275. The zero-order chi connectivity index (χ0) is 7.52. The van der Waals surface area contributed by atoms with E-state index in [9.17, 15) is 0 Å². The molecule has 2 nitrogen and oxygen atoms in total. The summed E-state index contributed by atoms with van der Waals surface area (Å²) in [5.41, 5.74) is 1.37. The molecule has 0 aromatic rings. The topological polar surface area (TPSA) is 18.5 Å². The van der Waals surface area contributed by atoms with Crippen molar-refractivity contribution in [3.05, 3.63) is 11.5 Å². The van der Waals surface area contributed by atoms with E-state index in [2.05, 4.69) is 6.08 Å². The molecule has 1 aliphatic carbocycles. The van der Waals surface area contributed by atoms with Gasteiger partial charge >= 0.3 is 7.12 Å². The van der Waals surface area contributed by atoms with Crippen molar-refractivity contribution in [2.24, 2.45) is 0 Å². The molecule has 2 aliphatic rings. The maximum atomic E-state index is 5.47. The van der Waals surface area contributed by atoms with E-state index in [0.717, 1.165) is 19.6 Å². The van der Waals surface area contributed by atoms with Gasteiger partial charge in [0.1, 0.15) is 0 Å². The molecule has 0 bridgehead atoms. The molecule has 11 heavy (non-hydrogen) atoms. The zero-order valence-electron chi connectivity index (χ0n) is 6.71. The summed E-state index contributed by atoms with van der Waals surface area (Å²) in [6.07, 6.45) is 6.96. The van der Waals surface area contributed by atoms with Crippen LogP contribution in [0.1, 0.15) is 25.7 Å². The normalized spacial score (nSPS) is 25.5. The van der Waals surface area contributed by atoms with Gasteiger partial charge in [-0.3, -0.25) is 0 Å². The molecule has 0 saturated carbocycles. The van der Waals surface area contributed by atoms with Gasteiger partial charge in [-0.15, -0.1) is 0 Å². The first kappa shape index (κ1) is 7.38. The first-order valence-electron chi connectivity index (χ1n) is 4.39. The van der Waals surface area contributed by atoms with Crippen molar-refractivity contribution in [2.75, 3.05) is 13.2 Å². The molecule has 0 aromatic carbocycles.